The van der Waals surface area contributed by atoms with Gasteiger partial charge in [0, 0.05) is 0 Å². The molecule has 0 aromatic carbocycles. The van der Waals surface area contributed by atoms with Crippen molar-refractivity contribution in [2.24, 2.45) is 0 Å². The second kappa shape index (κ2) is 5.94. The van der Waals surface area contributed by atoms with Crippen LogP contribution in [0.15, 0.2) is 4.52 Å². The van der Waals surface area contributed by atoms with Gasteiger partial charge in [0.2, 0.25) is 5.89 Å². The quantitative estimate of drug-likeness (QED) is 0.755. The smallest absolute Gasteiger partial charge is 0.296 e. The SMILES string of the molecule is N#CCN(CC#N)C(=O)c1noc(C2CCCN2)n1. The average molecular weight is 260 g/mol. The number of carbonyl (C=O) groups excluding carboxylic acids is 1. The van der Waals surface area contributed by atoms with Gasteiger partial charge in [-0.2, -0.15) is 15.5 Å². The van der Waals surface area contributed by atoms with Crippen LogP contribution in [0.25, 0.3) is 0 Å². The minimum absolute atomic E-state index is 0.0190. The zero-order valence-corrected chi connectivity index (χ0v) is 10.2. The van der Waals surface area contributed by atoms with Crippen LogP contribution in [0, 0.1) is 22.7 Å². The second-order valence-corrected chi connectivity index (χ2v) is 4.08. The van der Waals surface area contributed by atoms with Crippen LogP contribution >= 0.6 is 0 Å². The molecule has 1 aliphatic rings. The molecule has 19 heavy (non-hydrogen) atoms. The summed E-state index contributed by atoms with van der Waals surface area (Å²) >= 11 is 0. The number of hydrogen-bond acceptors (Lipinski definition) is 7. The maximum atomic E-state index is 12.0. The van der Waals surface area contributed by atoms with Gasteiger partial charge in [-0.15, -0.1) is 0 Å². The molecule has 1 aromatic heterocycles. The van der Waals surface area contributed by atoms with Crippen LogP contribution in [-0.4, -0.2) is 40.6 Å². The van der Waals surface area contributed by atoms with E-state index in [2.05, 4.69) is 15.5 Å². The van der Waals surface area contributed by atoms with E-state index in [0.717, 1.165) is 24.3 Å². The molecule has 1 atom stereocenters. The van der Waals surface area contributed by atoms with Crippen molar-refractivity contribution in [1.82, 2.24) is 20.4 Å². The van der Waals surface area contributed by atoms with Gasteiger partial charge >= 0.3 is 0 Å². The maximum Gasteiger partial charge on any atom is 0.296 e. The predicted octanol–water partition coefficient (Wildman–Crippen LogP) is -0.0165. The standard InChI is InChI=1S/C11H12N6O2/c12-3-6-17(7-4-13)11(18)9-15-10(19-16-9)8-2-1-5-14-8/h8,14H,1-2,5-7H2. The number of nitriles is 2. The topological polar surface area (TPSA) is 119 Å². The van der Waals surface area contributed by atoms with Gasteiger partial charge in [-0.3, -0.25) is 4.79 Å². The highest BCUT2D eigenvalue weighted by Gasteiger charge is 2.26. The molecule has 8 heteroatoms. The molecule has 1 aromatic rings. The van der Waals surface area contributed by atoms with Crippen molar-refractivity contribution in [3.05, 3.63) is 11.7 Å². The fourth-order valence-corrected chi connectivity index (χ4v) is 1.87. The van der Waals surface area contributed by atoms with Crippen LogP contribution in [0.2, 0.25) is 0 Å². The number of hydrogen-bond donors (Lipinski definition) is 1. The molecule has 0 radical (unpaired) electrons. The highest BCUT2D eigenvalue weighted by molar-refractivity contribution is 5.90. The van der Waals surface area contributed by atoms with Gasteiger partial charge in [-0.05, 0) is 19.4 Å². The van der Waals surface area contributed by atoms with Gasteiger partial charge in [0.25, 0.3) is 11.7 Å². The van der Waals surface area contributed by atoms with Crippen LogP contribution in [0.3, 0.4) is 0 Å². The van der Waals surface area contributed by atoms with E-state index in [9.17, 15) is 4.79 Å². The molecule has 1 unspecified atom stereocenters. The Morgan fingerprint density at radius 2 is 2.21 bits per heavy atom. The van der Waals surface area contributed by atoms with Crippen LogP contribution in [0.5, 0.6) is 0 Å². The number of aromatic nitrogens is 2. The summed E-state index contributed by atoms with van der Waals surface area (Å²) in [6, 6.07) is 3.62. The Labute approximate surface area is 109 Å². The lowest BCUT2D eigenvalue weighted by molar-refractivity contribution is 0.0779. The Kier molecular flexibility index (Phi) is 4.06. The second-order valence-electron chi connectivity index (χ2n) is 4.08. The maximum absolute atomic E-state index is 12.0. The first-order chi connectivity index (χ1) is 9.26. The highest BCUT2D eigenvalue weighted by Crippen LogP contribution is 2.21. The molecular weight excluding hydrogens is 248 g/mol. The lowest BCUT2D eigenvalue weighted by Crippen LogP contribution is -2.32. The summed E-state index contributed by atoms with van der Waals surface area (Å²) in [5.41, 5.74) is 0. The number of nitrogens with zero attached hydrogens (tertiary/aromatic N) is 5. The van der Waals surface area contributed by atoms with Crippen LogP contribution < -0.4 is 5.32 Å². The molecule has 98 valence electrons. The summed E-state index contributed by atoms with van der Waals surface area (Å²) in [7, 11) is 0. The van der Waals surface area contributed by atoms with Crippen molar-refractivity contribution < 1.29 is 9.32 Å². The summed E-state index contributed by atoms with van der Waals surface area (Å²) < 4.78 is 5.04. The molecule has 2 heterocycles. The van der Waals surface area contributed by atoms with Crippen molar-refractivity contribution in [2.75, 3.05) is 19.6 Å². The Balaban J connectivity index is 2.10. The molecular formula is C11H12N6O2. The van der Waals surface area contributed by atoms with Crippen molar-refractivity contribution in [3.63, 3.8) is 0 Å². The van der Waals surface area contributed by atoms with Crippen molar-refractivity contribution in [3.8, 4) is 12.1 Å². The van der Waals surface area contributed by atoms with E-state index in [1.807, 2.05) is 12.1 Å². The number of amides is 1. The van der Waals surface area contributed by atoms with Crippen molar-refractivity contribution in [1.29, 1.82) is 10.5 Å². The molecule has 0 saturated carbocycles. The molecule has 1 fully saturated rings. The zero-order chi connectivity index (χ0) is 13.7. The van der Waals surface area contributed by atoms with E-state index in [1.165, 1.54) is 0 Å². The summed E-state index contributed by atoms with van der Waals surface area (Å²) in [6.07, 6.45) is 1.90. The average Bonchev–Trinajstić information content (AvgIpc) is 3.08. The third-order valence-corrected chi connectivity index (χ3v) is 2.80. The van der Waals surface area contributed by atoms with Crippen LogP contribution in [0.4, 0.5) is 0 Å². The fourth-order valence-electron chi connectivity index (χ4n) is 1.87. The van der Waals surface area contributed by atoms with E-state index in [1.54, 1.807) is 0 Å². The van der Waals surface area contributed by atoms with Gasteiger partial charge in [-0.25, -0.2) is 0 Å². The van der Waals surface area contributed by atoms with E-state index >= 15 is 0 Å². The van der Waals surface area contributed by atoms with Crippen LogP contribution in [0.1, 0.15) is 35.4 Å². The van der Waals surface area contributed by atoms with Crippen molar-refractivity contribution in [2.45, 2.75) is 18.9 Å². The van der Waals surface area contributed by atoms with Gasteiger partial charge in [0.1, 0.15) is 13.1 Å². The molecule has 1 amide bonds. The lowest BCUT2D eigenvalue weighted by atomic mass is 10.2. The first kappa shape index (κ1) is 13.0. The summed E-state index contributed by atoms with van der Waals surface area (Å²) in [5.74, 6) is -0.319. The summed E-state index contributed by atoms with van der Waals surface area (Å²) in [6.45, 7) is 0.515. The van der Waals surface area contributed by atoms with E-state index in [-0.39, 0.29) is 25.0 Å². The largest absolute Gasteiger partial charge is 0.337 e. The first-order valence-corrected chi connectivity index (χ1v) is 5.86. The fraction of sp³-hybridized carbons (Fsp3) is 0.545. The Morgan fingerprint density at radius 3 is 2.79 bits per heavy atom. The summed E-state index contributed by atoms with van der Waals surface area (Å²) in [5, 5.41) is 24.0. The van der Waals surface area contributed by atoms with Gasteiger partial charge in [0.05, 0.1) is 18.2 Å². The van der Waals surface area contributed by atoms with E-state index in [0.29, 0.717) is 5.89 Å². The van der Waals surface area contributed by atoms with E-state index < -0.39 is 5.91 Å². The molecule has 0 bridgehead atoms. The molecule has 0 spiro atoms. The third kappa shape index (κ3) is 2.87. The van der Waals surface area contributed by atoms with E-state index in [4.69, 9.17) is 15.0 Å². The van der Waals surface area contributed by atoms with Crippen LogP contribution in [-0.2, 0) is 0 Å². The minimum atomic E-state index is -0.573. The predicted molar refractivity (Wildman–Crippen MR) is 61.4 cm³/mol. The Hall–Kier alpha value is -2.45. The Bertz CT molecular complexity index is 518. The zero-order valence-electron chi connectivity index (χ0n) is 10.2. The van der Waals surface area contributed by atoms with Gasteiger partial charge < -0.3 is 14.7 Å². The minimum Gasteiger partial charge on any atom is -0.337 e. The molecule has 1 N–H and O–H groups in total. The lowest BCUT2D eigenvalue weighted by Gasteiger charge is -2.12. The highest BCUT2D eigenvalue weighted by atomic mass is 16.5. The number of carbonyl (C=O) groups is 1. The first-order valence-electron chi connectivity index (χ1n) is 5.86. The Morgan fingerprint density at radius 1 is 1.47 bits per heavy atom. The summed E-state index contributed by atoms with van der Waals surface area (Å²) in [4.78, 5) is 17.1. The number of rotatable bonds is 4. The monoisotopic (exact) mass is 260 g/mol. The molecule has 8 nitrogen and oxygen atoms in total. The van der Waals surface area contributed by atoms with Gasteiger partial charge in [0.15, 0.2) is 0 Å². The molecule has 2 rings (SSSR count). The molecule has 1 saturated heterocycles. The molecule has 1 aliphatic heterocycles. The normalized spacial score (nSPS) is 17.7. The van der Waals surface area contributed by atoms with Gasteiger partial charge in [-0.1, -0.05) is 5.16 Å². The number of nitrogens with one attached hydrogen (secondary N) is 1. The third-order valence-electron chi connectivity index (χ3n) is 2.80. The molecule has 0 aliphatic carbocycles. The van der Waals surface area contributed by atoms with Crippen molar-refractivity contribution >= 4 is 5.91 Å².